The highest BCUT2D eigenvalue weighted by molar-refractivity contribution is 7.08. The molecular formula is C18H17Cl2N3O3S. The molecule has 1 aromatic heterocycles. The molecule has 0 atom stereocenters. The summed E-state index contributed by atoms with van der Waals surface area (Å²) in [6, 6.07) is 6.64. The van der Waals surface area contributed by atoms with Crippen LogP contribution in [-0.4, -0.2) is 33.9 Å². The molecule has 1 heterocycles. The number of rotatable bonds is 6. The van der Waals surface area contributed by atoms with Gasteiger partial charge >= 0.3 is 0 Å². The van der Waals surface area contributed by atoms with E-state index in [2.05, 4.69) is 15.0 Å². The lowest BCUT2D eigenvalue weighted by molar-refractivity contribution is -0.141. The molecule has 9 heteroatoms. The zero-order valence-electron chi connectivity index (χ0n) is 14.5. The summed E-state index contributed by atoms with van der Waals surface area (Å²) < 4.78 is 9.58. The predicted molar refractivity (Wildman–Crippen MR) is 104 cm³/mol. The van der Waals surface area contributed by atoms with E-state index >= 15 is 0 Å². The first kappa shape index (κ1) is 18.5. The van der Waals surface area contributed by atoms with Crippen molar-refractivity contribution >= 4 is 46.5 Å². The number of aryl methyl sites for hydroxylation is 1. The van der Waals surface area contributed by atoms with Gasteiger partial charge in [-0.1, -0.05) is 23.2 Å². The van der Waals surface area contributed by atoms with Crippen molar-refractivity contribution in [3.63, 3.8) is 0 Å². The molecule has 2 amide bonds. The SMILES string of the molecule is Cc1cc(C(=O)NC23CC(NC(=O)COc4ccc(Cl)c(Cl)c4)(C2)C3)sn1. The Morgan fingerprint density at radius 3 is 2.48 bits per heavy atom. The van der Waals surface area contributed by atoms with Gasteiger partial charge in [0.1, 0.15) is 10.6 Å². The number of carbonyl (C=O) groups excluding carboxylic acids is 2. The van der Waals surface area contributed by atoms with Gasteiger partial charge in [0.05, 0.1) is 15.7 Å². The summed E-state index contributed by atoms with van der Waals surface area (Å²) in [5.41, 5.74) is 0.412. The quantitative estimate of drug-likeness (QED) is 0.743. The van der Waals surface area contributed by atoms with Gasteiger partial charge in [-0.25, -0.2) is 0 Å². The molecular weight excluding hydrogens is 409 g/mol. The number of halogens is 2. The highest BCUT2D eigenvalue weighted by Crippen LogP contribution is 2.60. The van der Waals surface area contributed by atoms with Crippen LogP contribution in [0.25, 0.3) is 0 Å². The van der Waals surface area contributed by atoms with Crippen molar-refractivity contribution in [1.29, 1.82) is 0 Å². The van der Waals surface area contributed by atoms with Gasteiger partial charge in [-0.05, 0) is 55.9 Å². The zero-order chi connectivity index (χ0) is 19.2. The average Bonchev–Trinajstić information content (AvgIpc) is 2.99. The van der Waals surface area contributed by atoms with Crippen LogP contribution >= 0.6 is 34.7 Å². The van der Waals surface area contributed by atoms with Crippen LogP contribution in [0.2, 0.25) is 10.0 Å². The number of amides is 2. The minimum atomic E-state index is -0.227. The fourth-order valence-electron chi connectivity index (χ4n) is 3.87. The standard InChI is InChI=1S/C18H17Cl2N3O3S/c1-10-4-14(27-23-10)16(25)22-18-7-17(8-18,9-18)21-15(24)6-26-11-2-3-12(19)13(20)5-11/h2-5H,6-9H2,1H3,(H,21,24)(H,22,25). The van der Waals surface area contributed by atoms with Crippen molar-refractivity contribution < 1.29 is 14.3 Å². The van der Waals surface area contributed by atoms with Gasteiger partial charge in [0, 0.05) is 17.1 Å². The molecule has 2 N–H and O–H groups in total. The van der Waals surface area contributed by atoms with Crippen LogP contribution < -0.4 is 15.4 Å². The molecule has 27 heavy (non-hydrogen) atoms. The first-order chi connectivity index (χ1) is 12.8. The van der Waals surface area contributed by atoms with E-state index in [4.69, 9.17) is 27.9 Å². The van der Waals surface area contributed by atoms with Crippen molar-refractivity contribution in [2.45, 2.75) is 37.3 Å². The molecule has 0 unspecified atom stereocenters. The molecule has 2 aromatic rings. The molecule has 0 aliphatic heterocycles. The van der Waals surface area contributed by atoms with E-state index in [-0.39, 0.29) is 29.5 Å². The van der Waals surface area contributed by atoms with E-state index in [1.165, 1.54) is 11.5 Å². The Bertz CT molecular complexity index is 911. The Kier molecular flexibility index (Phi) is 4.56. The molecule has 3 saturated carbocycles. The largest absolute Gasteiger partial charge is 0.484 e. The zero-order valence-corrected chi connectivity index (χ0v) is 16.8. The Morgan fingerprint density at radius 1 is 1.15 bits per heavy atom. The van der Waals surface area contributed by atoms with Gasteiger partial charge in [0.2, 0.25) is 0 Å². The van der Waals surface area contributed by atoms with Gasteiger partial charge < -0.3 is 15.4 Å². The van der Waals surface area contributed by atoms with Crippen molar-refractivity contribution in [2.75, 3.05) is 6.61 Å². The molecule has 0 spiro atoms. The first-order valence-corrected chi connectivity index (χ1v) is 9.96. The van der Waals surface area contributed by atoms with Crippen molar-refractivity contribution in [2.24, 2.45) is 0 Å². The normalized spacial score (nSPS) is 25.1. The van der Waals surface area contributed by atoms with E-state index in [1.807, 2.05) is 6.92 Å². The maximum absolute atomic E-state index is 12.3. The number of hydrogen-bond acceptors (Lipinski definition) is 5. The van der Waals surface area contributed by atoms with Crippen LogP contribution in [0.5, 0.6) is 5.75 Å². The van der Waals surface area contributed by atoms with E-state index in [0.717, 1.165) is 25.0 Å². The summed E-state index contributed by atoms with van der Waals surface area (Å²) in [7, 11) is 0. The van der Waals surface area contributed by atoms with Crippen LogP contribution in [0, 0.1) is 6.92 Å². The van der Waals surface area contributed by atoms with Gasteiger partial charge in [-0.15, -0.1) is 0 Å². The summed E-state index contributed by atoms with van der Waals surface area (Å²) in [6.45, 7) is 1.76. The molecule has 5 rings (SSSR count). The van der Waals surface area contributed by atoms with E-state index in [9.17, 15) is 9.59 Å². The minimum Gasteiger partial charge on any atom is -0.484 e. The van der Waals surface area contributed by atoms with Crippen molar-refractivity contribution in [1.82, 2.24) is 15.0 Å². The third-order valence-corrected chi connectivity index (χ3v) is 6.54. The van der Waals surface area contributed by atoms with Crippen molar-refractivity contribution in [3.05, 3.63) is 44.9 Å². The summed E-state index contributed by atoms with van der Waals surface area (Å²) in [5, 5.41) is 6.90. The highest BCUT2D eigenvalue weighted by Gasteiger charge is 2.69. The topological polar surface area (TPSA) is 80.3 Å². The second kappa shape index (κ2) is 6.65. The molecule has 3 fully saturated rings. The number of nitrogens with zero attached hydrogens (tertiary/aromatic N) is 1. The maximum Gasteiger partial charge on any atom is 0.263 e. The monoisotopic (exact) mass is 425 g/mol. The predicted octanol–water partition coefficient (Wildman–Crippen LogP) is 3.36. The van der Waals surface area contributed by atoms with Gasteiger partial charge in [-0.2, -0.15) is 4.37 Å². The van der Waals surface area contributed by atoms with E-state index in [0.29, 0.717) is 20.7 Å². The number of aromatic nitrogens is 1. The van der Waals surface area contributed by atoms with Crippen LogP contribution in [0.15, 0.2) is 24.3 Å². The fourth-order valence-corrected chi connectivity index (χ4v) is 4.81. The summed E-state index contributed by atoms with van der Waals surface area (Å²) >= 11 is 13.0. The molecule has 3 aliphatic rings. The van der Waals surface area contributed by atoms with Crippen LogP contribution in [0.4, 0.5) is 0 Å². The summed E-state index contributed by atoms with van der Waals surface area (Å²) in [5.74, 6) is 0.197. The fraction of sp³-hybridized carbons (Fsp3) is 0.389. The first-order valence-electron chi connectivity index (χ1n) is 8.43. The molecule has 0 radical (unpaired) electrons. The number of hydrogen-bond donors (Lipinski definition) is 2. The lowest BCUT2D eigenvalue weighted by Crippen LogP contribution is -2.84. The maximum atomic E-state index is 12.3. The highest BCUT2D eigenvalue weighted by atomic mass is 35.5. The second-order valence-electron chi connectivity index (χ2n) is 7.29. The molecule has 142 valence electrons. The number of carbonyl (C=O) groups is 2. The second-order valence-corrected chi connectivity index (χ2v) is 8.91. The minimum absolute atomic E-state index is 0.0943. The Balaban J connectivity index is 1.23. The lowest BCUT2D eigenvalue weighted by atomic mass is 9.44. The number of benzene rings is 1. The third kappa shape index (κ3) is 3.63. The molecule has 0 saturated heterocycles. The number of nitrogens with one attached hydrogen (secondary N) is 2. The number of ether oxygens (including phenoxy) is 1. The Morgan fingerprint density at radius 2 is 1.85 bits per heavy atom. The van der Waals surface area contributed by atoms with Crippen LogP contribution in [0.1, 0.15) is 34.6 Å². The molecule has 6 nitrogen and oxygen atoms in total. The van der Waals surface area contributed by atoms with E-state index in [1.54, 1.807) is 24.3 Å². The Hall–Kier alpha value is -1.83. The third-order valence-electron chi connectivity index (χ3n) is 4.93. The van der Waals surface area contributed by atoms with Gasteiger partial charge in [0.25, 0.3) is 11.8 Å². The molecule has 3 aliphatic carbocycles. The van der Waals surface area contributed by atoms with Crippen molar-refractivity contribution in [3.8, 4) is 5.75 Å². The lowest BCUT2D eigenvalue weighted by Gasteiger charge is -2.70. The molecule has 2 bridgehead atoms. The average molecular weight is 426 g/mol. The summed E-state index contributed by atoms with van der Waals surface area (Å²) in [6.07, 6.45) is 2.21. The summed E-state index contributed by atoms with van der Waals surface area (Å²) in [4.78, 5) is 25.0. The van der Waals surface area contributed by atoms with Crippen LogP contribution in [-0.2, 0) is 4.79 Å². The van der Waals surface area contributed by atoms with Gasteiger partial charge in [0.15, 0.2) is 6.61 Å². The Labute approximate surface area is 170 Å². The van der Waals surface area contributed by atoms with E-state index < -0.39 is 0 Å². The smallest absolute Gasteiger partial charge is 0.263 e. The molecule has 1 aromatic carbocycles. The van der Waals surface area contributed by atoms with Gasteiger partial charge in [-0.3, -0.25) is 9.59 Å². The van der Waals surface area contributed by atoms with Crippen LogP contribution in [0.3, 0.4) is 0 Å².